The van der Waals surface area contributed by atoms with Crippen molar-refractivity contribution in [2.75, 3.05) is 13.1 Å². The van der Waals surface area contributed by atoms with E-state index in [1.807, 2.05) is 0 Å². The molecule has 7 nitrogen and oxygen atoms in total. The van der Waals surface area contributed by atoms with Crippen molar-refractivity contribution >= 4 is 46.8 Å². The van der Waals surface area contributed by atoms with Gasteiger partial charge in [-0.05, 0) is 25.5 Å². The molecule has 2 rings (SSSR count). The third kappa shape index (κ3) is 4.95. The van der Waals surface area contributed by atoms with Gasteiger partial charge in [-0.3, -0.25) is 24.1 Å². The van der Waals surface area contributed by atoms with Crippen molar-refractivity contribution in [3.8, 4) is 0 Å². The Morgan fingerprint density at radius 1 is 1.19 bits per heavy atom. The normalized spacial score (nSPS) is 15.1. The van der Waals surface area contributed by atoms with Crippen LogP contribution < -0.4 is 10.6 Å². The number of imide groups is 1. The molecule has 9 heteroatoms. The van der Waals surface area contributed by atoms with Crippen molar-refractivity contribution in [2.45, 2.75) is 32.2 Å². The van der Waals surface area contributed by atoms with Gasteiger partial charge in [0.2, 0.25) is 17.7 Å². The van der Waals surface area contributed by atoms with Gasteiger partial charge in [0.25, 0.3) is 5.91 Å². The second-order valence-electron chi connectivity index (χ2n) is 5.88. The lowest BCUT2D eigenvalue weighted by Gasteiger charge is -2.16. The number of hydrogen-bond acceptors (Lipinski definition) is 4. The molecule has 1 atom stereocenters. The van der Waals surface area contributed by atoms with E-state index in [1.54, 1.807) is 19.1 Å². The summed E-state index contributed by atoms with van der Waals surface area (Å²) in [6.45, 7) is 2.10. The van der Waals surface area contributed by atoms with Crippen LogP contribution in [-0.4, -0.2) is 47.7 Å². The Morgan fingerprint density at radius 2 is 1.85 bits per heavy atom. The average molecular weight is 400 g/mol. The van der Waals surface area contributed by atoms with Crippen molar-refractivity contribution in [3.63, 3.8) is 0 Å². The highest BCUT2D eigenvalue weighted by Crippen LogP contribution is 2.25. The molecule has 1 unspecified atom stereocenters. The number of hydrogen-bond donors (Lipinski definition) is 2. The first-order valence-corrected chi connectivity index (χ1v) is 8.92. The van der Waals surface area contributed by atoms with Crippen LogP contribution in [0.25, 0.3) is 0 Å². The second-order valence-corrected chi connectivity index (χ2v) is 6.67. The van der Waals surface area contributed by atoms with E-state index in [4.69, 9.17) is 23.2 Å². The maximum absolute atomic E-state index is 12.2. The molecule has 0 saturated carbocycles. The number of rotatable bonds is 7. The maximum Gasteiger partial charge on any atom is 0.253 e. The number of carbonyl (C=O) groups is 4. The van der Waals surface area contributed by atoms with E-state index < -0.39 is 11.9 Å². The van der Waals surface area contributed by atoms with E-state index in [-0.39, 0.29) is 59.3 Å². The van der Waals surface area contributed by atoms with Gasteiger partial charge in [0.15, 0.2) is 0 Å². The topological polar surface area (TPSA) is 95.6 Å². The molecule has 0 spiro atoms. The van der Waals surface area contributed by atoms with Crippen LogP contribution in [0.15, 0.2) is 18.2 Å². The van der Waals surface area contributed by atoms with Crippen LogP contribution in [0.1, 0.15) is 36.5 Å². The van der Waals surface area contributed by atoms with Crippen molar-refractivity contribution < 1.29 is 19.2 Å². The molecule has 1 heterocycles. The Bertz CT molecular complexity index is 723. The SMILES string of the molecule is CC(NC(=O)c1cccc(Cl)c1Cl)C(=O)NCCCN1C(=O)CCC1=O. The van der Waals surface area contributed by atoms with Crippen molar-refractivity contribution in [2.24, 2.45) is 0 Å². The predicted octanol–water partition coefficient (Wildman–Crippen LogP) is 1.77. The molecular formula is C17H19Cl2N3O4. The third-order valence-electron chi connectivity index (χ3n) is 3.95. The number of amides is 4. The predicted molar refractivity (Wildman–Crippen MR) is 97.0 cm³/mol. The fraction of sp³-hybridized carbons (Fsp3) is 0.412. The van der Waals surface area contributed by atoms with Gasteiger partial charge < -0.3 is 10.6 Å². The van der Waals surface area contributed by atoms with Crippen LogP contribution in [0.5, 0.6) is 0 Å². The number of carbonyl (C=O) groups excluding carboxylic acids is 4. The Labute approximate surface area is 161 Å². The number of likely N-dealkylation sites (tertiary alicyclic amines) is 1. The van der Waals surface area contributed by atoms with Gasteiger partial charge in [-0.25, -0.2) is 0 Å². The van der Waals surface area contributed by atoms with E-state index in [9.17, 15) is 19.2 Å². The monoisotopic (exact) mass is 399 g/mol. The molecule has 1 saturated heterocycles. The van der Waals surface area contributed by atoms with Gasteiger partial charge in [-0.2, -0.15) is 0 Å². The lowest BCUT2D eigenvalue weighted by Crippen LogP contribution is -2.45. The van der Waals surface area contributed by atoms with E-state index >= 15 is 0 Å². The second kappa shape index (κ2) is 9.00. The summed E-state index contributed by atoms with van der Waals surface area (Å²) in [4.78, 5) is 48.4. The molecule has 0 aliphatic carbocycles. The standard InChI is InChI=1S/C17H19Cl2N3O4/c1-10(21-17(26)11-4-2-5-12(18)15(11)19)16(25)20-8-3-9-22-13(23)6-7-14(22)24/h2,4-5,10H,3,6-9H2,1H3,(H,20,25)(H,21,26). The third-order valence-corrected chi connectivity index (χ3v) is 4.77. The Morgan fingerprint density at radius 3 is 2.50 bits per heavy atom. The fourth-order valence-electron chi connectivity index (χ4n) is 2.49. The number of halogens is 2. The van der Waals surface area contributed by atoms with Crippen LogP contribution >= 0.6 is 23.2 Å². The summed E-state index contributed by atoms with van der Waals surface area (Å²) >= 11 is 11.9. The summed E-state index contributed by atoms with van der Waals surface area (Å²) in [5, 5.41) is 5.58. The zero-order valence-corrected chi connectivity index (χ0v) is 15.7. The van der Waals surface area contributed by atoms with Gasteiger partial charge in [-0.1, -0.05) is 29.3 Å². The average Bonchev–Trinajstić information content (AvgIpc) is 2.92. The highest BCUT2D eigenvalue weighted by atomic mass is 35.5. The minimum absolute atomic E-state index is 0.124. The Kier molecular flexibility index (Phi) is 6.99. The van der Waals surface area contributed by atoms with Gasteiger partial charge >= 0.3 is 0 Å². The molecular weight excluding hydrogens is 381 g/mol. The molecule has 1 fully saturated rings. The van der Waals surface area contributed by atoms with Crippen LogP contribution in [-0.2, 0) is 14.4 Å². The quantitative estimate of drug-likeness (QED) is 0.539. The summed E-state index contributed by atoms with van der Waals surface area (Å²) in [5.74, 6) is -1.25. The summed E-state index contributed by atoms with van der Waals surface area (Å²) < 4.78 is 0. The first kappa shape index (κ1) is 20.2. The molecule has 1 aliphatic heterocycles. The maximum atomic E-state index is 12.2. The largest absolute Gasteiger partial charge is 0.354 e. The van der Waals surface area contributed by atoms with Gasteiger partial charge in [0.05, 0.1) is 15.6 Å². The number of nitrogens with zero attached hydrogens (tertiary/aromatic N) is 1. The van der Waals surface area contributed by atoms with Crippen molar-refractivity contribution in [1.82, 2.24) is 15.5 Å². The Hall–Kier alpha value is -2.12. The van der Waals surface area contributed by atoms with Gasteiger partial charge in [0, 0.05) is 25.9 Å². The van der Waals surface area contributed by atoms with Crippen molar-refractivity contribution in [1.29, 1.82) is 0 Å². The van der Waals surface area contributed by atoms with Crippen LogP contribution in [0.2, 0.25) is 10.0 Å². The molecule has 2 N–H and O–H groups in total. The molecule has 1 aromatic carbocycles. The minimum Gasteiger partial charge on any atom is -0.354 e. The van der Waals surface area contributed by atoms with Gasteiger partial charge in [-0.15, -0.1) is 0 Å². The number of nitrogens with one attached hydrogen (secondary N) is 2. The van der Waals surface area contributed by atoms with E-state index in [2.05, 4.69) is 10.6 Å². The highest BCUT2D eigenvalue weighted by molar-refractivity contribution is 6.43. The van der Waals surface area contributed by atoms with Crippen LogP contribution in [0.3, 0.4) is 0 Å². The van der Waals surface area contributed by atoms with Crippen LogP contribution in [0.4, 0.5) is 0 Å². The van der Waals surface area contributed by atoms with Crippen molar-refractivity contribution in [3.05, 3.63) is 33.8 Å². The fourth-order valence-corrected chi connectivity index (χ4v) is 2.88. The van der Waals surface area contributed by atoms with Crippen LogP contribution in [0, 0.1) is 0 Å². The first-order chi connectivity index (χ1) is 12.3. The number of benzene rings is 1. The van der Waals surface area contributed by atoms with Gasteiger partial charge in [0.1, 0.15) is 6.04 Å². The molecule has 0 bridgehead atoms. The highest BCUT2D eigenvalue weighted by Gasteiger charge is 2.28. The van der Waals surface area contributed by atoms with E-state index in [1.165, 1.54) is 11.0 Å². The molecule has 140 valence electrons. The minimum atomic E-state index is -0.785. The zero-order valence-electron chi connectivity index (χ0n) is 14.2. The summed E-state index contributed by atoms with van der Waals surface area (Å²) in [7, 11) is 0. The summed E-state index contributed by atoms with van der Waals surface area (Å²) in [6, 6.07) is 3.88. The summed E-state index contributed by atoms with van der Waals surface area (Å²) in [5.41, 5.74) is 0.185. The molecule has 26 heavy (non-hydrogen) atoms. The smallest absolute Gasteiger partial charge is 0.253 e. The first-order valence-electron chi connectivity index (χ1n) is 8.17. The molecule has 1 aliphatic rings. The van der Waals surface area contributed by atoms with E-state index in [0.29, 0.717) is 6.42 Å². The molecule has 4 amide bonds. The molecule has 0 radical (unpaired) electrons. The lowest BCUT2D eigenvalue weighted by molar-refractivity contribution is -0.138. The molecule has 0 aromatic heterocycles. The van der Waals surface area contributed by atoms with E-state index in [0.717, 1.165) is 0 Å². The zero-order chi connectivity index (χ0) is 19.3. The summed E-state index contributed by atoms with van der Waals surface area (Å²) in [6.07, 6.45) is 0.949. The molecule has 1 aromatic rings. The Balaban J connectivity index is 1.77. The lowest BCUT2D eigenvalue weighted by atomic mass is 10.2.